The van der Waals surface area contributed by atoms with E-state index < -0.39 is 24.5 Å². The average molecular weight is 226 g/mol. The summed E-state index contributed by atoms with van der Waals surface area (Å²) in [6, 6.07) is 2.73. The molecular formula is C10H8F2N2O2. The number of pyridine rings is 1. The maximum Gasteiger partial charge on any atom is 0.307 e. The smallest absolute Gasteiger partial charge is 0.307 e. The number of aliphatic carboxylic acids is 1. The van der Waals surface area contributed by atoms with E-state index in [9.17, 15) is 13.6 Å². The van der Waals surface area contributed by atoms with Gasteiger partial charge in [0.1, 0.15) is 11.8 Å². The number of aryl methyl sites for hydroxylation is 1. The Balaban J connectivity index is 3.32. The Morgan fingerprint density at radius 3 is 2.75 bits per heavy atom. The van der Waals surface area contributed by atoms with Crippen LogP contribution in [0.3, 0.4) is 0 Å². The number of nitrogens with zero attached hydrogens (tertiary/aromatic N) is 2. The average Bonchev–Trinajstić information content (AvgIpc) is 2.16. The van der Waals surface area contributed by atoms with Crippen LogP contribution in [0.25, 0.3) is 0 Å². The molecule has 0 amide bonds. The van der Waals surface area contributed by atoms with Crippen molar-refractivity contribution in [1.29, 1.82) is 5.26 Å². The van der Waals surface area contributed by atoms with E-state index in [1.807, 2.05) is 0 Å². The number of carboxylic acids is 1. The van der Waals surface area contributed by atoms with E-state index in [1.165, 1.54) is 6.92 Å². The molecule has 0 saturated carbocycles. The Bertz CT molecular complexity index is 467. The number of halogens is 2. The Hall–Kier alpha value is -2.03. The van der Waals surface area contributed by atoms with E-state index in [0.29, 0.717) is 0 Å². The summed E-state index contributed by atoms with van der Waals surface area (Å²) in [4.78, 5) is 14.1. The number of hydrogen-bond acceptors (Lipinski definition) is 3. The van der Waals surface area contributed by atoms with Crippen molar-refractivity contribution < 1.29 is 18.7 Å². The molecule has 0 spiro atoms. The lowest BCUT2D eigenvalue weighted by atomic mass is 10.0. The standard InChI is InChI=1S/C10H8F2N2O2/c1-5-7(4-13)6(3-9(15)16)2-8(14-5)10(11)12/h2,10H,3H2,1H3,(H,15,16). The van der Waals surface area contributed by atoms with Crippen LogP contribution in [0.1, 0.15) is 28.9 Å². The van der Waals surface area contributed by atoms with Crippen LogP contribution >= 0.6 is 0 Å². The molecule has 84 valence electrons. The van der Waals surface area contributed by atoms with Gasteiger partial charge in [-0.05, 0) is 18.6 Å². The highest BCUT2D eigenvalue weighted by Crippen LogP contribution is 2.21. The molecule has 4 nitrogen and oxygen atoms in total. The molecule has 0 aromatic carbocycles. The van der Waals surface area contributed by atoms with Crippen molar-refractivity contribution in [2.45, 2.75) is 19.8 Å². The van der Waals surface area contributed by atoms with Crippen molar-refractivity contribution in [2.75, 3.05) is 0 Å². The van der Waals surface area contributed by atoms with Gasteiger partial charge in [-0.3, -0.25) is 9.78 Å². The van der Waals surface area contributed by atoms with Gasteiger partial charge in [0.2, 0.25) is 0 Å². The Labute approximate surface area is 90.2 Å². The number of nitriles is 1. The summed E-state index contributed by atoms with van der Waals surface area (Å²) in [5.41, 5.74) is -0.270. The summed E-state index contributed by atoms with van der Waals surface area (Å²) >= 11 is 0. The maximum absolute atomic E-state index is 12.4. The number of alkyl halides is 2. The normalized spacial score (nSPS) is 10.2. The largest absolute Gasteiger partial charge is 0.481 e. The van der Waals surface area contributed by atoms with Gasteiger partial charge in [0.15, 0.2) is 0 Å². The van der Waals surface area contributed by atoms with Gasteiger partial charge in [-0.2, -0.15) is 5.26 Å². The van der Waals surface area contributed by atoms with E-state index in [2.05, 4.69) is 4.98 Å². The van der Waals surface area contributed by atoms with Crippen molar-refractivity contribution in [1.82, 2.24) is 4.98 Å². The minimum Gasteiger partial charge on any atom is -0.481 e. The fraction of sp³-hybridized carbons (Fsp3) is 0.300. The molecule has 1 aromatic rings. The lowest BCUT2D eigenvalue weighted by Crippen LogP contribution is -2.07. The summed E-state index contributed by atoms with van der Waals surface area (Å²) < 4.78 is 24.8. The highest BCUT2D eigenvalue weighted by Gasteiger charge is 2.16. The monoisotopic (exact) mass is 226 g/mol. The van der Waals surface area contributed by atoms with Crippen LogP contribution in [0.4, 0.5) is 8.78 Å². The second-order valence-corrected chi connectivity index (χ2v) is 3.15. The molecule has 0 saturated heterocycles. The molecule has 0 aliphatic heterocycles. The van der Waals surface area contributed by atoms with Gasteiger partial charge in [0.05, 0.1) is 17.7 Å². The van der Waals surface area contributed by atoms with Gasteiger partial charge in [-0.1, -0.05) is 0 Å². The van der Waals surface area contributed by atoms with Crippen LogP contribution in [-0.2, 0) is 11.2 Å². The highest BCUT2D eigenvalue weighted by molar-refractivity contribution is 5.71. The Kier molecular flexibility index (Phi) is 3.51. The van der Waals surface area contributed by atoms with Crippen LogP contribution in [0.5, 0.6) is 0 Å². The first-order valence-corrected chi connectivity index (χ1v) is 4.36. The fourth-order valence-electron chi connectivity index (χ4n) is 1.33. The first-order chi connectivity index (χ1) is 7.45. The third-order valence-corrected chi connectivity index (χ3v) is 1.98. The molecule has 0 unspecified atom stereocenters. The predicted octanol–water partition coefficient (Wildman–Crippen LogP) is 1.83. The van der Waals surface area contributed by atoms with E-state index in [1.54, 1.807) is 6.07 Å². The molecule has 1 rings (SSSR count). The molecule has 1 heterocycles. The molecule has 0 aliphatic rings. The van der Waals surface area contributed by atoms with Crippen molar-refractivity contribution in [3.63, 3.8) is 0 Å². The molecule has 1 N–H and O–H groups in total. The lowest BCUT2D eigenvalue weighted by molar-refractivity contribution is -0.136. The zero-order chi connectivity index (χ0) is 12.3. The third kappa shape index (κ3) is 2.51. The number of rotatable bonds is 3. The minimum absolute atomic E-state index is 0.0480. The molecule has 0 fully saturated rings. The quantitative estimate of drug-likeness (QED) is 0.853. The molecule has 0 bridgehead atoms. The number of carboxylic acid groups (broad SMARTS) is 1. The van der Waals surface area contributed by atoms with Gasteiger partial charge in [0, 0.05) is 0 Å². The highest BCUT2D eigenvalue weighted by atomic mass is 19.3. The number of hydrogen-bond donors (Lipinski definition) is 1. The SMILES string of the molecule is Cc1nc(C(F)F)cc(CC(=O)O)c1C#N. The van der Waals surface area contributed by atoms with Gasteiger partial charge in [-0.25, -0.2) is 8.78 Å². The van der Waals surface area contributed by atoms with Gasteiger partial charge in [-0.15, -0.1) is 0 Å². The first-order valence-electron chi connectivity index (χ1n) is 4.36. The number of aromatic nitrogens is 1. The molecular weight excluding hydrogens is 218 g/mol. The van der Waals surface area contributed by atoms with Crippen LogP contribution in [0.15, 0.2) is 6.07 Å². The Morgan fingerprint density at radius 2 is 2.31 bits per heavy atom. The zero-order valence-electron chi connectivity index (χ0n) is 8.37. The lowest BCUT2D eigenvalue weighted by Gasteiger charge is -2.07. The minimum atomic E-state index is -2.78. The summed E-state index contributed by atoms with van der Waals surface area (Å²) in [7, 11) is 0. The molecule has 16 heavy (non-hydrogen) atoms. The summed E-state index contributed by atoms with van der Waals surface area (Å²) in [6.45, 7) is 1.40. The van der Waals surface area contributed by atoms with Crippen molar-refractivity contribution >= 4 is 5.97 Å². The van der Waals surface area contributed by atoms with E-state index in [4.69, 9.17) is 10.4 Å². The maximum atomic E-state index is 12.4. The van der Waals surface area contributed by atoms with E-state index in [0.717, 1.165) is 6.07 Å². The predicted molar refractivity (Wildman–Crippen MR) is 50.0 cm³/mol. The summed E-state index contributed by atoms with van der Waals surface area (Å²) in [6.07, 6.45) is -3.25. The topological polar surface area (TPSA) is 74.0 Å². The molecule has 1 aromatic heterocycles. The van der Waals surface area contributed by atoms with Gasteiger partial charge in [0.25, 0.3) is 6.43 Å². The van der Waals surface area contributed by atoms with Crippen LogP contribution in [0.2, 0.25) is 0 Å². The van der Waals surface area contributed by atoms with Crippen molar-refractivity contribution in [3.8, 4) is 6.07 Å². The fourth-order valence-corrected chi connectivity index (χ4v) is 1.33. The van der Waals surface area contributed by atoms with Crippen LogP contribution in [-0.4, -0.2) is 16.1 Å². The molecule has 0 atom stereocenters. The second kappa shape index (κ2) is 4.66. The summed E-state index contributed by atoms with van der Waals surface area (Å²) in [5.74, 6) is -1.18. The molecule has 6 heteroatoms. The van der Waals surface area contributed by atoms with E-state index >= 15 is 0 Å². The van der Waals surface area contributed by atoms with Crippen LogP contribution in [0, 0.1) is 18.3 Å². The van der Waals surface area contributed by atoms with Gasteiger partial charge < -0.3 is 5.11 Å². The zero-order valence-corrected chi connectivity index (χ0v) is 8.37. The Morgan fingerprint density at radius 1 is 1.69 bits per heavy atom. The molecule has 0 aliphatic carbocycles. The van der Waals surface area contributed by atoms with E-state index in [-0.39, 0.29) is 16.8 Å². The summed E-state index contributed by atoms with van der Waals surface area (Å²) in [5, 5.41) is 17.4. The first kappa shape index (κ1) is 12.0. The molecule has 0 radical (unpaired) electrons. The number of carbonyl (C=O) groups is 1. The van der Waals surface area contributed by atoms with Crippen LogP contribution < -0.4 is 0 Å². The third-order valence-electron chi connectivity index (χ3n) is 1.98. The van der Waals surface area contributed by atoms with Gasteiger partial charge >= 0.3 is 5.97 Å². The van der Waals surface area contributed by atoms with Crippen molar-refractivity contribution in [3.05, 3.63) is 28.6 Å². The van der Waals surface area contributed by atoms with Crippen molar-refractivity contribution in [2.24, 2.45) is 0 Å². The second-order valence-electron chi connectivity index (χ2n) is 3.15.